The zero-order valence-corrected chi connectivity index (χ0v) is 1.99. The molecule has 1 amide bonds. The third-order valence-electron chi connectivity index (χ3n) is 0.0589. The van der Waals surface area contributed by atoms with Gasteiger partial charge in [0.05, 0.1) is 0 Å². The van der Waals surface area contributed by atoms with Crippen LogP contribution >= 0.6 is 0 Å². The van der Waals surface area contributed by atoms with E-state index in [4.69, 9.17) is 4.11 Å². The van der Waals surface area contributed by atoms with E-state index in [9.17, 15) is 4.79 Å². The number of rotatable bonds is 1. The molecule has 0 radical (unpaired) electrons. The number of amides is 1. The third kappa shape index (κ3) is 1.47. The Labute approximate surface area is 29.0 Å². The van der Waals surface area contributed by atoms with Crippen molar-refractivity contribution in [2.45, 2.75) is 0 Å². The van der Waals surface area contributed by atoms with Crippen LogP contribution in [0.25, 0.3) is 0 Å². The molecule has 0 atom stereocenters. The molecule has 2 heteroatoms. The smallest absolute Gasteiger partial charge is 0.206 e. The van der Waals surface area contributed by atoms with E-state index in [1.165, 1.54) is 0 Å². The Morgan fingerprint density at radius 1 is 2.50 bits per heavy atom. The molecule has 0 aliphatic carbocycles. The zero-order chi connectivity index (χ0) is 5.91. The second-order valence-corrected chi connectivity index (χ2v) is 0.262. The highest BCUT2D eigenvalue weighted by Gasteiger charge is 1.43. The molecule has 0 spiro atoms. The zero-order valence-electron chi connectivity index (χ0n) is 4.99. The van der Waals surface area contributed by atoms with Gasteiger partial charge in [0.1, 0.15) is 0 Å². The van der Waals surface area contributed by atoms with Gasteiger partial charge >= 0.3 is 0 Å². The molecule has 0 aliphatic heterocycles. The quantitative estimate of drug-likeness (QED) is 0.402. The van der Waals surface area contributed by atoms with Crippen molar-refractivity contribution in [3.8, 4) is 0 Å². The Bertz CT molecular complexity index is 67.8. The molecule has 0 aliphatic rings. The first-order valence-corrected chi connectivity index (χ1v) is 0.774. The van der Waals surface area contributed by atoms with Crippen molar-refractivity contribution < 1.29 is 8.91 Å². The van der Waals surface area contributed by atoms with Crippen molar-refractivity contribution in [1.82, 2.24) is 5.32 Å². The Kier molecular flexibility index (Phi) is 0.437. The molecule has 2 nitrogen and oxygen atoms in total. The molecule has 0 unspecified atom stereocenters. The molecule has 0 bridgehead atoms. The van der Waals surface area contributed by atoms with Gasteiger partial charge in [-0.1, -0.05) is 0 Å². The van der Waals surface area contributed by atoms with Gasteiger partial charge in [0.15, 0.2) is 0 Å². The third-order valence-corrected chi connectivity index (χ3v) is 0.0589. The molecular formula is C2H5NO. The summed E-state index contributed by atoms with van der Waals surface area (Å²) in [4.78, 5) is 9.35. The van der Waals surface area contributed by atoms with E-state index >= 15 is 0 Å². The van der Waals surface area contributed by atoms with E-state index in [1.807, 2.05) is 0 Å². The molecular weight excluding hydrogens is 54.0 g/mol. The summed E-state index contributed by atoms with van der Waals surface area (Å²) in [5, 5.41) is 1.60. The molecule has 0 saturated carbocycles. The van der Waals surface area contributed by atoms with Crippen LogP contribution in [0.1, 0.15) is 4.11 Å². The van der Waals surface area contributed by atoms with E-state index in [0.717, 1.165) is 0 Å². The lowest BCUT2D eigenvalue weighted by molar-refractivity contribution is -0.109. The van der Waals surface area contributed by atoms with Gasteiger partial charge < -0.3 is 5.32 Å². The van der Waals surface area contributed by atoms with Crippen LogP contribution in [0, 0.1) is 0 Å². The van der Waals surface area contributed by atoms with E-state index in [1.54, 1.807) is 5.32 Å². The summed E-state index contributed by atoms with van der Waals surface area (Å²) in [7, 11) is 0. The number of nitrogens with one attached hydrogen (secondary N) is 1. The summed E-state index contributed by atoms with van der Waals surface area (Å²) in [6, 6.07) is 0. The van der Waals surface area contributed by atoms with Crippen LogP contribution in [-0.4, -0.2) is 13.4 Å². The lowest BCUT2D eigenvalue weighted by Crippen LogP contribution is -1.98. The fourth-order valence-electron chi connectivity index (χ4n) is 0. The summed E-state index contributed by atoms with van der Waals surface area (Å²) in [6.45, 7) is -2.32. The highest BCUT2D eigenvalue weighted by atomic mass is 16.1. The van der Waals surface area contributed by atoms with Crippen LogP contribution < -0.4 is 5.32 Å². The van der Waals surface area contributed by atoms with Crippen molar-refractivity contribution in [3.05, 3.63) is 0 Å². The topological polar surface area (TPSA) is 29.1 Å². The maximum absolute atomic E-state index is 9.35. The molecule has 0 aromatic carbocycles. The van der Waals surface area contributed by atoms with Crippen LogP contribution in [0.5, 0.6) is 0 Å². The van der Waals surface area contributed by atoms with Crippen molar-refractivity contribution >= 4 is 6.41 Å². The van der Waals surface area contributed by atoms with Crippen LogP contribution in [0.4, 0.5) is 0 Å². The summed E-state index contributed by atoms with van der Waals surface area (Å²) < 4.78 is 19.0. The Morgan fingerprint density at radius 2 is 3.25 bits per heavy atom. The first-order chi connectivity index (χ1) is 3.06. The van der Waals surface area contributed by atoms with Crippen molar-refractivity contribution in [3.63, 3.8) is 0 Å². The standard InChI is InChI=1S/C2H5NO/c1-3-2-4/h2H,1H3,(H,3,4)/i1D3. The van der Waals surface area contributed by atoms with E-state index < -0.39 is 6.98 Å². The second kappa shape index (κ2) is 2.47. The number of hydrogen-bond donors (Lipinski definition) is 1. The summed E-state index contributed by atoms with van der Waals surface area (Å²) in [5.41, 5.74) is 0. The van der Waals surface area contributed by atoms with Crippen LogP contribution in [0.15, 0.2) is 0 Å². The molecule has 1 N–H and O–H groups in total. The molecule has 0 saturated heterocycles. The molecule has 0 heterocycles. The van der Waals surface area contributed by atoms with E-state index in [2.05, 4.69) is 0 Å². The maximum Gasteiger partial charge on any atom is 0.206 e. The minimum Gasteiger partial charge on any atom is -0.362 e. The average Bonchev–Trinajstić information content (AvgIpc) is 1.30. The summed E-state index contributed by atoms with van der Waals surface area (Å²) in [6.07, 6.45) is 0.146. The largest absolute Gasteiger partial charge is 0.362 e. The van der Waals surface area contributed by atoms with Gasteiger partial charge in [-0.25, -0.2) is 0 Å². The van der Waals surface area contributed by atoms with Gasteiger partial charge in [-0.3, -0.25) is 4.79 Å². The summed E-state index contributed by atoms with van der Waals surface area (Å²) >= 11 is 0. The lowest BCUT2D eigenvalue weighted by Gasteiger charge is -1.64. The number of carbonyl (C=O) groups excluding carboxylic acids is 1. The lowest BCUT2D eigenvalue weighted by atomic mass is 11.2. The fraction of sp³-hybridized carbons (Fsp3) is 0.500. The Morgan fingerprint density at radius 3 is 3.25 bits per heavy atom. The first-order valence-electron chi connectivity index (χ1n) is 2.27. The molecule has 24 valence electrons. The number of carbonyl (C=O) groups is 1. The first kappa shape index (κ1) is 0.708. The molecule has 0 aromatic rings. The van der Waals surface area contributed by atoms with Crippen LogP contribution in [0.2, 0.25) is 0 Å². The van der Waals surface area contributed by atoms with Crippen LogP contribution in [0.3, 0.4) is 0 Å². The van der Waals surface area contributed by atoms with Crippen molar-refractivity contribution in [2.24, 2.45) is 0 Å². The molecule has 4 heavy (non-hydrogen) atoms. The average molecular weight is 62.1 g/mol. The van der Waals surface area contributed by atoms with Gasteiger partial charge in [-0.2, -0.15) is 0 Å². The normalized spacial score (nSPS) is 19.5. The predicted molar refractivity (Wildman–Crippen MR) is 15.1 cm³/mol. The highest BCUT2D eigenvalue weighted by Crippen LogP contribution is 1.09. The van der Waals surface area contributed by atoms with Gasteiger partial charge in [-0.05, 0) is 0 Å². The maximum atomic E-state index is 9.35. The van der Waals surface area contributed by atoms with Gasteiger partial charge in [0.25, 0.3) is 0 Å². The van der Waals surface area contributed by atoms with Crippen molar-refractivity contribution in [1.29, 1.82) is 0 Å². The van der Waals surface area contributed by atoms with Gasteiger partial charge in [0, 0.05) is 11.1 Å². The minimum absolute atomic E-state index is 0.146. The number of hydrogen-bond acceptors (Lipinski definition) is 1. The fourth-order valence-corrected chi connectivity index (χ4v) is 0. The highest BCUT2D eigenvalue weighted by molar-refractivity contribution is 5.44. The SMILES string of the molecule is [2H]C([2H])([2H])NC=O. The van der Waals surface area contributed by atoms with Gasteiger partial charge in [-0.15, -0.1) is 0 Å². The van der Waals surface area contributed by atoms with Crippen LogP contribution in [-0.2, 0) is 4.79 Å². The van der Waals surface area contributed by atoms with E-state index in [-0.39, 0.29) is 6.41 Å². The predicted octanol–water partition coefficient (Wildman–Crippen LogP) is -0.638. The van der Waals surface area contributed by atoms with Crippen molar-refractivity contribution in [2.75, 3.05) is 6.98 Å². The molecule has 0 aromatic heterocycles. The Balaban J connectivity index is 3.34. The molecule has 0 rings (SSSR count). The summed E-state index contributed by atoms with van der Waals surface area (Å²) in [5.74, 6) is 0. The van der Waals surface area contributed by atoms with Gasteiger partial charge in [0.2, 0.25) is 6.41 Å². The Hall–Kier alpha value is -0.530. The monoisotopic (exact) mass is 62.1 g/mol. The van der Waals surface area contributed by atoms with E-state index in [0.29, 0.717) is 0 Å². The minimum atomic E-state index is -2.32. The second-order valence-electron chi connectivity index (χ2n) is 0.262. The molecule has 0 fully saturated rings.